The molecule has 1 heterocycles. The average molecular weight is 424 g/mol. The molecule has 0 bridgehead atoms. The Balaban J connectivity index is 1.52. The summed E-state index contributed by atoms with van der Waals surface area (Å²) in [4.78, 5) is 15.0. The SMILES string of the molecule is CCCCc1ccc(C#CC[C@@H]2C(=O)N(c3ccccc3)[C@@H]2c2ccc(OC)cc2)cc1. The topological polar surface area (TPSA) is 29.5 Å². The molecule has 32 heavy (non-hydrogen) atoms. The zero-order valence-corrected chi connectivity index (χ0v) is 18.8. The molecule has 162 valence electrons. The second-order valence-electron chi connectivity index (χ2n) is 8.17. The molecule has 1 saturated heterocycles. The number of rotatable bonds is 7. The van der Waals surface area contributed by atoms with Crippen molar-refractivity contribution in [2.45, 2.75) is 38.6 Å². The van der Waals surface area contributed by atoms with Gasteiger partial charge in [-0.2, -0.15) is 0 Å². The molecule has 4 rings (SSSR count). The highest BCUT2D eigenvalue weighted by molar-refractivity contribution is 6.03. The lowest BCUT2D eigenvalue weighted by Gasteiger charge is -2.47. The van der Waals surface area contributed by atoms with Crippen molar-refractivity contribution in [3.8, 4) is 17.6 Å². The number of para-hydroxylation sites is 1. The van der Waals surface area contributed by atoms with Gasteiger partial charge < -0.3 is 9.64 Å². The number of carbonyl (C=O) groups excluding carboxylic acids is 1. The normalized spacial score (nSPS) is 17.3. The molecule has 1 fully saturated rings. The Bertz CT molecular complexity index is 1090. The van der Waals surface area contributed by atoms with E-state index in [1.165, 1.54) is 18.4 Å². The smallest absolute Gasteiger partial charge is 0.234 e. The van der Waals surface area contributed by atoms with Gasteiger partial charge in [0.1, 0.15) is 5.75 Å². The molecule has 1 amide bonds. The quantitative estimate of drug-likeness (QED) is 0.335. The molecular formula is C29H29NO2. The van der Waals surface area contributed by atoms with Gasteiger partial charge >= 0.3 is 0 Å². The van der Waals surface area contributed by atoms with Crippen LogP contribution >= 0.6 is 0 Å². The second-order valence-corrected chi connectivity index (χ2v) is 8.17. The van der Waals surface area contributed by atoms with E-state index in [0.29, 0.717) is 6.42 Å². The molecule has 0 aromatic heterocycles. The maximum absolute atomic E-state index is 13.1. The maximum atomic E-state index is 13.1. The molecule has 1 aliphatic heterocycles. The van der Waals surface area contributed by atoms with Crippen molar-refractivity contribution in [1.29, 1.82) is 0 Å². The lowest BCUT2D eigenvalue weighted by molar-refractivity contribution is -0.130. The van der Waals surface area contributed by atoms with Crippen LogP contribution in [-0.4, -0.2) is 13.0 Å². The Hall–Kier alpha value is -3.51. The number of β-lactam (4-membered cyclic amide) rings is 1. The molecule has 0 unspecified atom stereocenters. The van der Waals surface area contributed by atoms with E-state index in [-0.39, 0.29) is 17.9 Å². The van der Waals surface area contributed by atoms with E-state index in [1.807, 2.05) is 59.5 Å². The molecule has 2 atom stereocenters. The van der Waals surface area contributed by atoms with Crippen LogP contribution in [-0.2, 0) is 11.2 Å². The van der Waals surface area contributed by atoms with E-state index in [9.17, 15) is 4.79 Å². The summed E-state index contributed by atoms with van der Waals surface area (Å²) in [7, 11) is 1.66. The van der Waals surface area contributed by atoms with E-state index in [2.05, 4.69) is 43.0 Å². The van der Waals surface area contributed by atoms with Gasteiger partial charge in [0.15, 0.2) is 0 Å². The molecule has 0 radical (unpaired) electrons. The van der Waals surface area contributed by atoms with Gasteiger partial charge in [0.2, 0.25) is 5.91 Å². The van der Waals surface area contributed by atoms with Crippen LogP contribution in [0.25, 0.3) is 0 Å². The number of anilines is 1. The van der Waals surface area contributed by atoms with Crippen LogP contribution in [0, 0.1) is 17.8 Å². The first kappa shape index (κ1) is 21.7. The van der Waals surface area contributed by atoms with Crippen molar-refractivity contribution in [1.82, 2.24) is 0 Å². The molecule has 3 aromatic carbocycles. The summed E-state index contributed by atoms with van der Waals surface area (Å²) in [6.45, 7) is 2.21. The van der Waals surface area contributed by atoms with Crippen LogP contribution < -0.4 is 9.64 Å². The van der Waals surface area contributed by atoms with E-state index in [1.54, 1.807) is 7.11 Å². The van der Waals surface area contributed by atoms with E-state index < -0.39 is 0 Å². The minimum Gasteiger partial charge on any atom is -0.497 e. The van der Waals surface area contributed by atoms with Gasteiger partial charge in [-0.15, -0.1) is 0 Å². The first-order chi connectivity index (χ1) is 15.7. The molecule has 0 saturated carbocycles. The van der Waals surface area contributed by atoms with Crippen LogP contribution in [0.15, 0.2) is 78.9 Å². The van der Waals surface area contributed by atoms with Crippen LogP contribution in [0.5, 0.6) is 5.75 Å². The number of methoxy groups -OCH3 is 1. The number of unbranched alkanes of at least 4 members (excludes halogenated alkanes) is 1. The fourth-order valence-corrected chi connectivity index (χ4v) is 4.21. The zero-order chi connectivity index (χ0) is 22.3. The Morgan fingerprint density at radius 3 is 2.31 bits per heavy atom. The number of hydrogen-bond acceptors (Lipinski definition) is 2. The van der Waals surface area contributed by atoms with Crippen molar-refractivity contribution in [2.24, 2.45) is 5.92 Å². The summed E-state index contributed by atoms with van der Waals surface area (Å²) in [6.07, 6.45) is 4.06. The lowest BCUT2D eigenvalue weighted by atomic mass is 9.80. The Kier molecular flexibility index (Phi) is 6.92. The fraction of sp³-hybridized carbons (Fsp3) is 0.276. The van der Waals surface area contributed by atoms with Crippen molar-refractivity contribution >= 4 is 11.6 Å². The Morgan fingerprint density at radius 2 is 1.66 bits per heavy atom. The highest BCUT2D eigenvalue weighted by Crippen LogP contribution is 2.45. The number of hydrogen-bond donors (Lipinski definition) is 0. The highest BCUT2D eigenvalue weighted by atomic mass is 16.5. The minimum absolute atomic E-state index is 0.0264. The number of nitrogens with zero attached hydrogens (tertiary/aromatic N) is 1. The molecule has 1 aliphatic rings. The molecule has 3 heteroatoms. The number of benzene rings is 3. The van der Waals surface area contributed by atoms with Crippen molar-refractivity contribution < 1.29 is 9.53 Å². The van der Waals surface area contributed by atoms with Gasteiger partial charge in [-0.3, -0.25) is 4.79 Å². The van der Waals surface area contributed by atoms with Crippen LogP contribution in [0.3, 0.4) is 0 Å². The first-order valence-electron chi connectivity index (χ1n) is 11.3. The van der Waals surface area contributed by atoms with Crippen LogP contribution in [0.4, 0.5) is 5.69 Å². The summed E-state index contributed by atoms with van der Waals surface area (Å²) < 4.78 is 5.30. The summed E-state index contributed by atoms with van der Waals surface area (Å²) >= 11 is 0. The van der Waals surface area contributed by atoms with Crippen molar-refractivity contribution in [3.63, 3.8) is 0 Å². The van der Waals surface area contributed by atoms with Gasteiger partial charge in [0.05, 0.1) is 19.1 Å². The number of carbonyl (C=O) groups is 1. The zero-order valence-electron chi connectivity index (χ0n) is 18.8. The third-order valence-electron chi connectivity index (χ3n) is 6.03. The van der Waals surface area contributed by atoms with Crippen LogP contribution in [0.1, 0.15) is 48.9 Å². The van der Waals surface area contributed by atoms with Crippen molar-refractivity contribution in [2.75, 3.05) is 12.0 Å². The Morgan fingerprint density at radius 1 is 0.938 bits per heavy atom. The minimum atomic E-state index is -0.153. The highest BCUT2D eigenvalue weighted by Gasteiger charge is 2.48. The summed E-state index contributed by atoms with van der Waals surface area (Å²) in [5, 5.41) is 0. The molecular weight excluding hydrogens is 394 g/mol. The molecule has 0 spiro atoms. The fourth-order valence-electron chi connectivity index (χ4n) is 4.21. The van der Waals surface area contributed by atoms with Gasteiger partial charge in [0, 0.05) is 17.7 Å². The van der Waals surface area contributed by atoms with Crippen molar-refractivity contribution in [3.05, 3.63) is 95.6 Å². The van der Waals surface area contributed by atoms with E-state index in [4.69, 9.17) is 4.74 Å². The molecule has 3 aromatic rings. The number of aryl methyl sites for hydroxylation is 1. The third kappa shape index (κ3) is 4.70. The van der Waals surface area contributed by atoms with Gasteiger partial charge in [-0.25, -0.2) is 0 Å². The average Bonchev–Trinajstić information content (AvgIpc) is 2.85. The van der Waals surface area contributed by atoms with Crippen LogP contribution in [0.2, 0.25) is 0 Å². The summed E-state index contributed by atoms with van der Waals surface area (Å²) in [5.74, 6) is 7.30. The van der Waals surface area contributed by atoms with E-state index >= 15 is 0 Å². The van der Waals surface area contributed by atoms with Gasteiger partial charge in [-0.1, -0.05) is 67.6 Å². The molecule has 0 aliphatic carbocycles. The number of ether oxygens (including phenoxy) is 1. The second kappa shape index (κ2) is 10.2. The lowest BCUT2D eigenvalue weighted by Crippen LogP contribution is -2.55. The van der Waals surface area contributed by atoms with Gasteiger partial charge in [0.25, 0.3) is 0 Å². The predicted octanol–water partition coefficient (Wildman–Crippen LogP) is 6.18. The maximum Gasteiger partial charge on any atom is 0.234 e. The first-order valence-corrected chi connectivity index (χ1v) is 11.3. The standard InChI is InChI=1S/C29H29NO2/c1-3-4-9-22-14-16-23(17-15-22)10-8-13-27-28(24-18-20-26(32-2)21-19-24)30(29(27)31)25-11-6-5-7-12-25/h5-7,11-12,14-21,27-28H,3-4,9,13H2,1-2H3/t27-,28+/m0/s1. The largest absolute Gasteiger partial charge is 0.497 e. The summed E-state index contributed by atoms with van der Waals surface area (Å²) in [5.41, 5.74) is 4.37. The monoisotopic (exact) mass is 423 g/mol. The Labute approximate surface area is 191 Å². The molecule has 3 nitrogen and oxygen atoms in total. The third-order valence-corrected chi connectivity index (χ3v) is 6.03. The number of amides is 1. The van der Waals surface area contributed by atoms with Gasteiger partial charge in [-0.05, 0) is 60.4 Å². The molecule has 0 N–H and O–H groups in total. The summed E-state index contributed by atoms with van der Waals surface area (Å²) in [6, 6.07) is 26.3. The van der Waals surface area contributed by atoms with E-state index in [0.717, 1.165) is 29.0 Å². The predicted molar refractivity (Wildman–Crippen MR) is 130 cm³/mol.